The number of thioether (sulfide) groups is 1. The predicted octanol–water partition coefficient (Wildman–Crippen LogP) is 3.67. The summed E-state index contributed by atoms with van der Waals surface area (Å²) in [6.45, 7) is 3.61. The van der Waals surface area contributed by atoms with Crippen molar-refractivity contribution in [1.82, 2.24) is 9.97 Å². The standard InChI is InChI=1S/C21H24N4O3S2/c1-15-8-10-18(11-9-15)30(27,28)25-20-12-19(22-16(2)13-26)23-21(24-20)29-14-17-6-4-3-5-7-17/h3-12,16,26H,13-14H2,1-2H3,(H2,22,23,24,25)/t16-/m1/s1. The zero-order chi connectivity index (χ0) is 21.6. The Hall–Kier alpha value is -2.62. The third-order valence-corrected chi connectivity index (χ3v) is 6.44. The summed E-state index contributed by atoms with van der Waals surface area (Å²) >= 11 is 1.40. The molecule has 0 amide bonds. The number of nitrogens with one attached hydrogen (secondary N) is 2. The number of rotatable bonds is 9. The first kappa shape index (κ1) is 22.1. The molecular weight excluding hydrogens is 420 g/mol. The monoisotopic (exact) mass is 444 g/mol. The Balaban J connectivity index is 1.86. The number of nitrogens with zero attached hydrogens (tertiary/aromatic N) is 2. The van der Waals surface area contributed by atoms with Crippen molar-refractivity contribution in [2.24, 2.45) is 0 Å². The van der Waals surface area contributed by atoms with Gasteiger partial charge in [0.05, 0.1) is 11.5 Å². The van der Waals surface area contributed by atoms with Crippen molar-refractivity contribution in [1.29, 1.82) is 0 Å². The summed E-state index contributed by atoms with van der Waals surface area (Å²) in [5.74, 6) is 1.24. The molecule has 7 nitrogen and oxygen atoms in total. The molecule has 0 aliphatic rings. The number of hydrogen-bond donors (Lipinski definition) is 3. The number of aromatic nitrogens is 2. The Labute approximate surface area is 181 Å². The molecule has 1 aromatic heterocycles. The maximum atomic E-state index is 12.8. The lowest BCUT2D eigenvalue weighted by molar-refractivity contribution is 0.281. The number of benzene rings is 2. The molecule has 1 atom stereocenters. The third-order valence-electron chi connectivity index (χ3n) is 4.15. The van der Waals surface area contributed by atoms with Gasteiger partial charge in [-0.05, 0) is 31.5 Å². The Morgan fingerprint density at radius 3 is 2.37 bits per heavy atom. The fraction of sp³-hybridized carbons (Fsp3) is 0.238. The van der Waals surface area contributed by atoms with E-state index in [-0.39, 0.29) is 23.4 Å². The zero-order valence-electron chi connectivity index (χ0n) is 16.7. The van der Waals surface area contributed by atoms with Crippen molar-refractivity contribution in [3.63, 3.8) is 0 Å². The summed E-state index contributed by atoms with van der Waals surface area (Å²) in [6.07, 6.45) is 0. The highest BCUT2D eigenvalue weighted by Gasteiger charge is 2.17. The van der Waals surface area contributed by atoms with E-state index in [4.69, 9.17) is 0 Å². The van der Waals surface area contributed by atoms with Crippen LogP contribution in [0.5, 0.6) is 0 Å². The molecule has 3 N–H and O–H groups in total. The van der Waals surface area contributed by atoms with Crippen LogP contribution in [0, 0.1) is 6.92 Å². The van der Waals surface area contributed by atoms with Gasteiger partial charge in [0.25, 0.3) is 10.0 Å². The van der Waals surface area contributed by atoms with Crippen molar-refractivity contribution in [3.05, 3.63) is 71.8 Å². The van der Waals surface area contributed by atoms with E-state index < -0.39 is 10.0 Å². The van der Waals surface area contributed by atoms with E-state index in [1.165, 1.54) is 17.8 Å². The fourth-order valence-corrected chi connectivity index (χ4v) is 4.36. The van der Waals surface area contributed by atoms with Crippen molar-refractivity contribution < 1.29 is 13.5 Å². The molecule has 0 fully saturated rings. The molecular formula is C21H24N4O3S2. The maximum absolute atomic E-state index is 12.8. The molecule has 9 heteroatoms. The van der Waals surface area contributed by atoms with Gasteiger partial charge in [0.15, 0.2) is 5.16 Å². The lowest BCUT2D eigenvalue weighted by Crippen LogP contribution is -2.21. The maximum Gasteiger partial charge on any atom is 0.263 e. The molecule has 0 spiro atoms. The van der Waals surface area contributed by atoms with Crippen molar-refractivity contribution in [2.45, 2.75) is 35.7 Å². The molecule has 0 saturated heterocycles. The van der Waals surface area contributed by atoms with Crippen LogP contribution < -0.4 is 10.0 Å². The van der Waals surface area contributed by atoms with Crippen LogP contribution in [0.4, 0.5) is 11.6 Å². The number of hydrogen-bond acceptors (Lipinski definition) is 7. The Morgan fingerprint density at radius 2 is 1.70 bits per heavy atom. The van der Waals surface area contributed by atoms with Crippen molar-refractivity contribution in [2.75, 3.05) is 16.6 Å². The first-order chi connectivity index (χ1) is 14.4. The van der Waals surface area contributed by atoms with Gasteiger partial charge in [-0.2, -0.15) is 0 Å². The molecule has 0 aliphatic heterocycles. The molecule has 0 unspecified atom stereocenters. The Morgan fingerprint density at radius 1 is 1.03 bits per heavy atom. The van der Waals surface area contributed by atoms with E-state index in [1.54, 1.807) is 31.2 Å². The van der Waals surface area contributed by atoms with Crippen LogP contribution in [0.1, 0.15) is 18.1 Å². The van der Waals surface area contributed by atoms with Crippen LogP contribution >= 0.6 is 11.8 Å². The molecule has 3 rings (SSSR count). The minimum absolute atomic E-state index is 0.0824. The van der Waals surface area contributed by atoms with Gasteiger partial charge in [-0.1, -0.05) is 59.8 Å². The first-order valence-corrected chi connectivity index (χ1v) is 11.9. The first-order valence-electron chi connectivity index (χ1n) is 9.38. The second-order valence-electron chi connectivity index (χ2n) is 6.84. The number of aliphatic hydroxyl groups excluding tert-OH is 1. The van der Waals surface area contributed by atoms with Gasteiger partial charge in [-0.15, -0.1) is 0 Å². The average molecular weight is 445 g/mol. The fourth-order valence-electron chi connectivity index (χ4n) is 2.55. The molecule has 0 bridgehead atoms. The smallest absolute Gasteiger partial charge is 0.263 e. The molecule has 0 aliphatic carbocycles. The summed E-state index contributed by atoms with van der Waals surface area (Å²) in [4.78, 5) is 8.97. The molecule has 3 aromatic rings. The molecule has 30 heavy (non-hydrogen) atoms. The summed E-state index contributed by atoms with van der Waals surface area (Å²) in [6, 6.07) is 17.7. The zero-order valence-corrected chi connectivity index (χ0v) is 18.4. The highest BCUT2D eigenvalue weighted by atomic mass is 32.2. The van der Waals surface area contributed by atoms with Gasteiger partial charge in [0.2, 0.25) is 0 Å². The summed E-state index contributed by atoms with van der Waals surface area (Å²) < 4.78 is 28.0. The van der Waals surface area contributed by atoms with Crippen LogP contribution in [-0.4, -0.2) is 36.1 Å². The van der Waals surface area contributed by atoms with E-state index in [2.05, 4.69) is 20.0 Å². The predicted molar refractivity (Wildman–Crippen MR) is 120 cm³/mol. The summed E-state index contributed by atoms with van der Waals surface area (Å²) in [5.41, 5.74) is 2.08. The van der Waals surface area contributed by atoms with Crippen molar-refractivity contribution in [3.8, 4) is 0 Å². The highest BCUT2D eigenvalue weighted by molar-refractivity contribution is 7.98. The van der Waals surface area contributed by atoms with Crippen molar-refractivity contribution >= 4 is 33.4 Å². The number of sulfonamides is 1. The average Bonchev–Trinajstić information content (AvgIpc) is 2.73. The van der Waals surface area contributed by atoms with E-state index >= 15 is 0 Å². The minimum Gasteiger partial charge on any atom is -0.394 e. The van der Waals surface area contributed by atoms with Gasteiger partial charge < -0.3 is 10.4 Å². The van der Waals surface area contributed by atoms with Gasteiger partial charge in [-0.25, -0.2) is 18.4 Å². The van der Waals surface area contributed by atoms with Crippen LogP contribution in [0.2, 0.25) is 0 Å². The molecule has 2 aromatic carbocycles. The summed E-state index contributed by atoms with van der Waals surface area (Å²) in [5, 5.41) is 12.8. The molecule has 158 valence electrons. The SMILES string of the molecule is Cc1ccc(S(=O)(=O)Nc2cc(N[C@H](C)CO)nc(SCc3ccccc3)n2)cc1. The molecule has 0 radical (unpaired) electrons. The molecule has 0 saturated carbocycles. The van der Waals surface area contributed by atoms with Crippen LogP contribution in [0.15, 0.2) is 70.7 Å². The van der Waals surface area contributed by atoms with Crippen LogP contribution in [0.3, 0.4) is 0 Å². The van der Waals surface area contributed by atoms with E-state index in [0.717, 1.165) is 11.1 Å². The van der Waals surface area contributed by atoms with E-state index in [0.29, 0.717) is 16.7 Å². The normalized spacial score (nSPS) is 12.4. The van der Waals surface area contributed by atoms with E-state index in [9.17, 15) is 13.5 Å². The Bertz CT molecular complexity index is 1080. The highest BCUT2D eigenvalue weighted by Crippen LogP contribution is 2.24. The lowest BCUT2D eigenvalue weighted by Gasteiger charge is -2.14. The largest absolute Gasteiger partial charge is 0.394 e. The topological polar surface area (TPSA) is 104 Å². The summed E-state index contributed by atoms with van der Waals surface area (Å²) in [7, 11) is -3.79. The van der Waals surface area contributed by atoms with E-state index in [1.807, 2.05) is 37.3 Å². The second-order valence-corrected chi connectivity index (χ2v) is 9.47. The van der Waals surface area contributed by atoms with Gasteiger partial charge >= 0.3 is 0 Å². The second kappa shape index (κ2) is 9.92. The van der Waals surface area contributed by atoms with Gasteiger partial charge in [0.1, 0.15) is 11.6 Å². The Kier molecular flexibility index (Phi) is 7.30. The quantitative estimate of drug-likeness (QED) is 0.342. The minimum atomic E-state index is -3.79. The van der Waals surface area contributed by atoms with Crippen LogP contribution in [-0.2, 0) is 15.8 Å². The number of aliphatic hydroxyl groups is 1. The number of aryl methyl sites for hydroxylation is 1. The number of anilines is 2. The molecule has 1 heterocycles. The third kappa shape index (κ3) is 6.19. The van der Waals surface area contributed by atoms with Crippen LogP contribution in [0.25, 0.3) is 0 Å². The van der Waals surface area contributed by atoms with Gasteiger partial charge in [-0.3, -0.25) is 4.72 Å². The lowest BCUT2D eigenvalue weighted by atomic mass is 10.2. The van der Waals surface area contributed by atoms with Gasteiger partial charge in [0, 0.05) is 17.9 Å².